The van der Waals surface area contributed by atoms with Gasteiger partial charge in [0.1, 0.15) is 5.75 Å². The van der Waals surface area contributed by atoms with Crippen LogP contribution >= 0.6 is 0 Å². The first-order chi connectivity index (χ1) is 8.01. The van der Waals surface area contributed by atoms with E-state index in [2.05, 4.69) is 45.1 Å². The van der Waals surface area contributed by atoms with E-state index >= 15 is 0 Å². The Hall–Kier alpha value is -1.02. The first-order valence-electron chi connectivity index (χ1n) is 6.31. The molecule has 0 aliphatic heterocycles. The van der Waals surface area contributed by atoms with E-state index in [9.17, 15) is 0 Å². The van der Waals surface area contributed by atoms with Crippen LogP contribution in [0, 0.1) is 19.8 Å². The maximum Gasteiger partial charge on any atom is 0.122 e. The third-order valence-electron chi connectivity index (χ3n) is 3.68. The summed E-state index contributed by atoms with van der Waals surface area (Å²) in [5.41, 5.74) is 4.02. The number of nitrogens with one attached hydrogen (secondary N) is 1. The second kappa shape index (κ2) is 6.06. The Morgan fingerprint density at radius 3 is 2.29 bits per heavy atom. The van der Waals surface area contributed by atoms with Crippen LogP contribution in [-0.4, -0.2) is 20.2 Å². The molecule has 0 radical (unpaired) electrons. The van der Waals surface area contributed by atoms with Crippen LogP contribution in [0.25, 0.3) is 0 Å². The maximum absolute atomic E-state index is 5.34. The van der Waals surface area contributed by atoms with Gasteiger partial charge in [0.05, 0.1) is 7.11 Å². The van der Waals surface area contributed by atoms with Gasteiger partial charge in [0, 0.05) is 6.04 Å². The number of hydrogen-bond donors (Lipinski definition) is 1. The van der Waals surface area contributed by atoms with E-state index in [-0.39, 0.29) is 0 Å². The van der Waals surface area contributed by atoms with Crippen LogP contribution in [0.4, 0.5) is 0 Å². The topological polar surface area (TPSA) is 21.3 Å². The molecule has 0 aromatic heterocycles. The standard InChI is InChI=1S/C15H25NO/c1-10(2)14(16-5)9-13-7-8-15(17-6)12(4)11(13)3/h7-8,10,14,16H,9H2,1-6H3. The van der Waals surface area contributed by atoms with Crippen molar-refractivity contribution in [3.63, 3.8) is 0 Å². The largest absolute Gasteiger partial charge is 0.496 e. The number of likely N-dealkylation sites (N-methyl/N-ethyl adjacent to an activating group) is 1. The van der Waals surface area contributed by atoms with E-state index in [1.165, 1.54) is 16.7 Å². The van der Waals surface area contributed by atoms with Crippen LogP contribution in [0.3, 0.4) is 0 Å². The van der Waals surface area contributed by atoms with E-state index in [1.807, 2.05) is 7.05 Å². The second-order valence-electron chi connectivity index (χ2n) is 5.02. The Morgan fingerprint density at radius 1 is 1.18 bits per heavy atom. The molecule has 0 spiro atoms. The Bertz CT molecular complexity index is 371. The van der Waals surface area contributed by atoms with Gasteiger partial charge in [0.2, 0.25) is 0 Å². The molecule has 2 nitrogen and oxygen atoms in total. The monoisotopic (exact) mass is 235 g/mol. The highest BCUT2D eigenvalue weighted by Crippen LogP contribution is 2.25. The fourth-order valence-corrected chi connectivity index (χ4v) is 2.20. The summed E-state index contributed by atoms with van der Waals surface area (Å²) in [6, 6.07) is 4.79. The molecule has 0 aliphatic rings. The van der Waals surface area contributed by atoms with Crippen molar-refractivity contribution >= 4 is 0 Å². The summed E-state index contributed by atoms with van der Waals surface area (Å²) >= 11 is 0. The molecule has 2 heteroatoms. The lowest BCUT2D eigenvalue weighted by atomic mass is 9.92. The van der Waals surface area contributed by atoms with Crippen LogP contribution < -0.4 is 10.1 Å². The molecular formula is C15H25NO. The lowest BCUT2D eigenvalue weighted by molar-refractivity contribution is 0.409. The summed E-state index contributed by atoms with van der Waals surface area (Å²) in [6.45, 7) is 8.82. The van der Waals surface area contributed by atoms with Gasteiger partial charge in [-0.25, -0.2) is 0 Å². The van der Waals surface area contributed by atoms with Crippen molar-refractivity contribution in [2.75, 3.05) is 14.2 Å². The van der Waals surface area contributed by atoms with Gasteiger partial charge in [-0.1, -0.05) is 19.9 Å². The highest BCUT2D eigenvalue weighted by Gasteiger charge is 2.14. The summed E-state index contributed by atoms with van der Waals surface area (Å²) in [4.78, 5) is 0. The zero-order chi connectivity index (χ0) is 13.0. The molecule has 1 unspecified atom stereocenters. The minimum absolute atomic E-state index is 0.529. The van der Waals surface area contributed by atoms with Crippen LogP contribution in [0.1, 0.15) is 30.5 Å². The summed E-state index contributed by atoms with van der Waals surface area (Å²) in [5.74, 6) is 1.62. The molecule has 0 saturated heterocycles. The number of benzene rings is 1. The van der Waals surface area contributed by atoms with Gasteiger partial charge in [-0.3, -0.25) is 0 Å². The predicted molar refractivity (Wildman–Crippen MR) is 73.9 cm³/mol. The summed E-state index contributed by atoms with van der Waals surface area (Å²) in [5, 5.41) is 3.39. The van der Waals surface area contributed by atoms with Crippen LogP contribution in [0.5, 0.6) is 5.75 Å². The van der Waals surface area contributed by atoms with Gasteiger partial charge in [-0.2, -0.15) is 0 Å². The van der Waals surface area contributed by atoms with Crippen molar-refractivity contribution in [2.24, 2.45) is 5.92 Å². The number of ether oxygens (including phenoxy) is 1. The molecule has 0 saturated carbocycles. The van der Waals surface area contributed by atoms with Crippen molar-refractivity contribution in [1.82, 2.24) is 5.32 Å². The maximum atomic E-state index is 5.34. The molecule has 1 N–H and O–H groups in total. The van der Waals surface area contributed by atoms with Gasteiger partial charge in [0.15, 0.2) is 0 Å². The minimum Gasteiger partial charge on any atom is -0.496 e. The lowest BCUT2D eigenvalue weighted by Gasteiger charge is -2.22. The smallest absolute Gasteiger partial charge is 0.122 e. The molecule has 17 heavy (non-hydrogen) atoms. The van der Waals surface area contributed by atoms with E-state index in [0.29, 0.717) is 12.0 Å². The van der Waals surface area contributed by atoms with Crippen molar-refractivity contribution in [1.29, 1.82) is 0 Å². The molecule has 0 heterocycles. The minimum atomic E-state index is 0.529. The van der Waals surface area contributed by atoms with Crippen LogP contribution in [0.15, 0.2) is 12.1 Å². The molecule has 96 valence electrons. The Morgan fingerprint density at radius 2 is 1.82 bits per heavy atom. The van der Waals surface area contributed by atoms with Crippen molar-refractivity contribution < 1.29 is 4.74 Å². The molecule has 0 bridgehead atoms. The van der Waals surface area contributed by atoms with Crippen LogP contribution in [-0.2, 0) is 6.42 Å². The quantitative estimate of drug-likeness (QED) is 0.846. The van der Waals surface area contributed by atoms with Crippen LogP contribution in [0.2, 0.25) is 0 Å². The SMILES string of the molecule is CNC(Cc1ccc(OC)c(C)c1C)C(C)C. The Kier molecular flexibility index (Phi) is 5.01. The van der Waals surface area contributed by atoms with Gasteiger partial charge in [-0.15, -0.1) is 0 Å². The molecule has 1 aromatic carbocycles. The van der Waals surface area contributed by atoms with Crippen molar-refractivity contribution in [3.05, 3.63) is 28.8 Å². The Labute approximate surface area is 105 Å². The number of hydrogen-bond acceptors (Lipinski definition) is 2. The summed E-state index contributed by atoms with van der Waals surface area (Å²) in [7, 11) is 3.77. The van der Waals surface area contributed by atoms with E-state index in [0.717, 1.165) is 12.2 Å². The van der Waals surface area contributed by atoms with Gasteiger partial charge < -0.3 is 10.1 Å². The molecular weight excluding hydrogens is 210 g/mol. The van der Waals surface area contributed by atoms with Crippen molar-refractivity contribution in [3.8, 4) is 5.75 Å². The second-order valence-corrected chi connectivity index (χ2v) is 5.02. The third-order valence-corrected chi connectivity index (χ3v) is 3.68. The number of methoxy groups -OCH3 is 1. The zero-order valence-corrected chi connectivity index (χ0v) is 11.9. The zero-order valence-electron chi connectivity index (χ0n) is 11.9. The van der Waals surface area contributed by atoms with Gasteiger partial charge in [0.25, 0.3) is 0 Å². The Balaban J connectivity index is 2.96. The van der Waals surface area contributed by atoms with E-state index in [4.69, 9.17) is 4.74 Å². The third kappa shape index (κ3) is 3.22. The fraction of sp³-hybridized carbons (Fsp3) is 0.600. The van der Waals surface area contributed by atoms with E-state index < -0.39 is 0 Å². The molecule has 0 fully saturated rings. The van der Waals surface area contributed by atoms with E-state index in [1.54, 1.807) is 7.11 Å². The number of rotatable bonds is 5. The predicted octanol–water partition coefficient (Wildman–Crippen LogP) is 3.10. The molecule has 1 aromatic rings. The normalized spacial score (nSPS) is 12.9. The molecule has 0 amide bonds. The molecule has 0 aliphatic carbocycles. The van der Waals surface area contributed by atoms with Crippen molar-refractivity contribution in [2.45, 2.75) is 40.2 Å². The molecule has 1 rings (SSSR count). The first kappa shape index (κ1) is 14.0. The van der Waals surface area contributed by atoms with Gasteiger partial charge >= 0.3 is 0 Å². The first-order valence-corrected chi connectivity index (χ1v) is 6.31. The average Bonchev–Trinajstić information content (AvgIpc) is 2.30. The highest BCUT2D eigenvalue weighted by molar-refractivity contribution is 5.43. The fourth-order valence-electron chi connectivity index (χ4n) is 2.20. The van der Waals surface area contributed by atoms with Gasteiger partial charge in [-0.05, 0) is 56.0 Å². The average molecular weight is 235 g/mol. The molecule has 1 atom stereocenters. The highest BCUT2D eigenvalue weighted by atomic mass is 16.5. The summed E-state index contributed by atoms with van der Waals surface area (Å²) < 4.78 is 5.34. The lowest BCUT2D eigenvalue weighted by Crippen LogP contribution is -2.33. The summed E-state index contributed by atoms with van der Waals surface area (Å²) in [6.07, 6.45) is 1.07.